The first kappa shape index (κ1) is 18.2. The molecule has 0 aliphatic heterocycles. The molecule has 10 heteroatoms. The number of anilines is 2. The lowest BCUT2D eigenvalue weighted by atomic mass is 10.0. The largest absolute Gasteiger partial charge is 0.368 e. The van der Waals surface area contributed by atoms with E-state index in [1.54, 1.807) is 34.9 Å². The first-order valence-electron chi connectivity index (χ1n) is 8.54. The van der Waals surface area contributed by atoms with E-state index in [1.807, 2.05) is 13.8 Å². The predicted molar refractivity (Wildman–Crippen MR) is 106 cm³/mol. The van der Waals surface area contributed by atoms with Crippen molar-refractivity contribution in [2.45, 2.75) is 19.9 Å². The third-order valence-corrected chi connectivity index (χ3v) is 5.05. The SMILES string of the molecule is CC(C)N(C)c1c(F)c(Cl)c(-c2cn3cc(NC=O)nc3cn2)c2cn[nH]c12. The summed E-state index contributed by atoms with van der Waals surface area (Å²) in [5.74, 6) is -0.158. The van der Waals surface area contributed by atoms with Crippen LogP contribution >= 0.6 is 11.6 Å². The number of amides is 1. The Balaban J connectivity index is 1.95. The maximum atomic E-state index is 15.3. The van der Waals surface area contributed by atoms with Crippen LogP contribution in [0.5, 0.6) is 0 Å². The lowest BCUT2D eigenvalue weighted by molar-refractivity contribution is -0.105. The average molecular weight is 402 g/mol. The van der Waals surface area contributed by atoms with Crippen LogP contribution in [0.1, 0.15) is 13.8 Å². The zero-order chi connectivity index (χ0) is 20.0. The van der Waals surface area contributed by atoms with Gasteiger partial charge in [0.05, 0.1) is 34.8 Å². The zero-order valence-electron chi connectivity index (χ0n) is 15.4. The molecule has 0 saturated heterocycles. The summed E-state index contributed by atoms with van der Waals surface area (Å²) in [6.07, 6.45) is 6.98. The fourth-order valence-corrected chi connectivity index (χ4v) is 3.38. The van der Waals surface area contributed by atoms with Crippen LogP contribution in [-0.4, -0.2) is 44.1 Å². The van der Waals surface area contributed by atoms with Crippen molar-refractivity contribution >= 4 is 46.1 Å². The van der Waals surface area contributed by atoms with Crippen LogP contribution in [0.3, 0.4) is 0 Å². The normalized spacial score (nSPS) is 11.5. The van der Waals surface area contributed by atoms with Gasteiger partial charge in [0.2, 0.25) is 6.41 Å². The third-order valence-electron chi connectivity index (χ3n) is 4.70. The van der Waals surface area contributed by atoms with Gasteiger partial charge in [-0.15, -0.1) is 0 Å². The summed E-state index contributed by atoms with van der Waals surface area (Å²) >= 11 is 6.46. The van der Waals surface area contributed by atoms with Crippen LogP contribution in [0, 0.1) is 5.82 Å². The summed E-state index contributed by atoms with van der Waals surface area (Å²) in [4.78, 5) is 21.0. The number of nitrogens with zero attached hydrogens (tertiary/aromatic N) is 5. The summed E-state index contributed by atoms with van der Waals surface area (Å²) in [6.45, 7) is 3.92. The van der Waals surface area contributed by atoms with Crippen molar-refractivity contribution in [1.82, 2.24) is 24.6 Å². The molecule has 0 aliphatic carbocycles. The highest BCUT2D eigenvalue weighted by Crippen LogP contribution is 2.42. The minimum atomic E-state index is -0.541. The summed E-state index contributed by atoms with van der Waals surface area (Å²) in [7, 11) is 1.80. The second-order valence-electron chi connectivity index (χ2n) is 6.64. The Morgan fingerprint density at radius 2 is 2.14 bits per heavy atom. The maximum Gasteiger partial charge on any atom is 0.212 e. The summed E-state index contributed by atoms with van der Waals surface area (Å²) in [5, 5.41) is 10.1. The minimum Gasteiger partial charge on any atom is -0.368 e. The lowest BCUT2D eigenvalue weighted by Crippen LogP contribution is -2.27. The number of aromatic amines is 1. The fraction of sp³-hybridized carbons (Fsp3) is 0.222. The van der Waals surface area contributed by atoms with E-state index in [4.69, 9.17) is 11.6 Å². The van der Waals surface area contributed by atoms with Crippen LogP contribution in [0.25, 0.3) is 27.8 Å². The van der Waals surface area contributed by atoms with Crippen molar-refractivity contribution in [1.29, 1.82) is 0 Å². The molecule has 144 valence electrons. The number of nitrogens with one attached hydrogen (secondary N) is 2. The molecule has 0 radical (unpaired) electrons. The van der Waals surface area contributed by atoms with E-state index in [-0.39, 0.29) is 11.1 Å². The minimum absolute atomic E-state index is 0.0328. The van der Waals surface area contributed by atoms with Crippen molar-refractivity contribution in [2.75, 3.05) is 17.3 Å². The second-order valence-corrected chi connectivity index (χ2v) is 7.02. The molecule has 0 spiro atoms. The van der Waals surface area contributed by atoms with Crippen molar-refractivity contribution in [3.05, 3.63) is 35.6 Å². The topological polar surface area (TPSA) is 91.2 Å². The number of benzene rings is 1. The van der Waals surface area contributed by atoms with E-state index >= 15 is 4.39 Å². The van der Waals surface area contributed by atoms with Gasteiger partial charge in [-0.2, -0.15) is 5.10 Å². The number of H-pyrrole nitrogens is 1. The van der Waals surface area contributed by atoms with Gasteiger partial charge in [-0.25, -0.2) is 9.37 Å². The molecule has 0 aliphatic rings. The molecule has 2 N–H and O–H groups in total. The van der Waals surface area contributed by atoms with E-state index in [0.717, 1.165) is 0 Å². The Bertz CT molecular complexity index is 1200. The van der Waals surface area contributed by atoms with E-state index in [2.05, 4.69) is 25.5 Å². The van der Waals surface area contributed by atoms with Crippen LogP contribution in [0.2, 0.25) is 5.02 Å². The van der Waals surface area contributed by atoms with E-state index in [0.29, 0.717) is 45.7 Å². The number of hydrogen-bond acceptors (Lipinski definition) is 5. The Hall–Kier alpha value is -3.20. The molecule has 3 aromatic heterocycles. The number of aromatic nitrogens is 5. The van der Waals surface area contributed by atoms with Crippen molar-refractivity contribution < 1.29 is 9.18 Å². The number of rotatable bonds is 5. The highest BCUT2D eigenvalue weighted by Gasteiger charge is 2.25. The van der Waals surface area contributed by atoms with Gasteiger partial charge in [0.1, 0.15) is 5.69 Å². The first-order valence-corrected chi connectivity index (χ1v) is 8.92. The van der Waals surface area contributed by atoms with Crippen molar-refractivity contribution in [3.63, 3.8) is 0 Å². The smallest absolute Gasteiger partial charge is 0.212 e. The molecule has 8 nitrogen and oxygen atoms in total. The highest BCUT2D eigenvalue weighted by molar-refractivity contribution is 6.35. The molecule has 4 aromatic rings. The van der Waals surface area contributed by atoms with E-state index in [1.165, 1.54) is 6.20 Å². The Labute approximate surface area is 164 Å². The number of fused-ring (bicyclic) bond motifs is 2. The van der Waals surface area contributed by atoms with Crippen molar-refractivity contribution in [3.8, 4) is 11.3 Å². The van der Waals surface area contributed by atoms with Crippen LogP contribution in [0.4, 0.5) is 15.9 Å². The van der Waals surface area contributed by atoms with E-state index in [9.17, 15) is 4.79 Å². The second kappa shape index (κ2) is 6.75. The molecule has 4 rings (SSSR count). The summed E-state index contributed by atoms with van der Waals surface area (Å²) in [6, 6.07) is 0.0621. The molecule has 1 amide bonds. The number of imidazole rings is 1. The van der Waals surface area contributed by atoms with Crippen LogP contribution < -0.4 is 10.2 Å². The predicted octanol–water partition coefficient (Wildman–Crippen LogP) is 3.48. The number of carbonyl (C=O) groups excluding carboxylic acids is 1. The van der Waals surface area contributed by atoms with Crippen molar-refractivity contribution in [2.24, 2.45) is 0 Å². The van der Waals surface area contributed by atoms with Gasteiger partial charge in [-0.05, 0) is 13.8 Å². The van der Waals surface area contributed by atoms with Gasteiger partial charge >= 0.3 is 0 Å². The summed E-state index contributed by atoms with van der Waals surface area (Å²) < 4.78 is 17.0. The fourth-order valence-electron chi connectivity index (χ4n) is 3.10. The molecule has 28 heavy (non-hydrogen) atoms. The first-order chi connectivity index (χ1) is 13.4. The number of halogens is 2. The van der Waals surface area contributed by atoms with Gasteiger partial charge in [0.15, 0.2) is 17.3 Å². The molecule has 0 fully saturated rings. The molecule has 0 bridgehead atoms. The number of hydrogen-bond donors (Lipinski definition) is 2. The Morgan fingerprint density at radius 3 is 2.86 bits per heavy atom. The molecule has 0 unspecified atom stereocenters. The molecule has 0 atom stereocenters. The number of carbonyl (C=O) groups is 1. The molecule has 0 saturated carbocycles. The molecule has 1 aromatic carbocycles. The van der Waals surface area contributed by atoms with Gasteiger partial charge < -0.3 is 14.6 Å². The zero-order valence-corrected chi connectivity index (χ0v) is 16.1. The van der Waals surface area contributed by atoms with Gasteiger partial charge in [0.25, 0.3) is 0 Å². The van der Waals surface area contributed by atoms with Crippen LogP contribution in [0.15, 0.2) is 24.8 Å². The summed E-state index contributed by atoms with van der Waals surface area (Å²) in [5.41, 5.74) is 2.33. The molecular weight excluding hydrogens is 385 g/mol. The maximum absolute atomic E-state index is 15.3. The third kappa shape index (κ3) is 2.75. The highest BCUT2D eigenvalue weighted by atomic mass is 35.5. The lowest BCUT2D eigenvalue weighted by Gasteiger charge is -2.26. The quantitative estimate of drug-likeness (QED) is 0.499. The van der Waals surface area contributed by atoms with Crippen LogP contribution in [-0.2, 0) is 4.79 Å². The molecule has 3 heterocycles. The van der Waals surface area contributed by atoms with E-state index < -0.39 is 5.82 Å². The van der Waals surface area contributed by atoms with Gasteiger partial charge in [-0.3, -0.25) is 14.9 Å². The van der Waals surface area contributed by atoms with Gasteiger partial charge in [0, 0.05) is 30.2 Å². The Morgan fingerprint density at radius 1 is 1.36 bits per heavy atom. The monoisotopic (exact) mass is 401 g/mol. The standard InChI is InChI=1S/C18H17ClFN7O/c1-9(2)26(3)18-16(20)15(19)14(10-4-23-25-17(10)18)11-6-27-7-12(22-8-28)24-13(27)5-21-11/h4-9H,1-3H3,(H,22,28)(H,23,25). The Kier molecular flexibility index (Phi) is 4.38. The molecular formula is C18H17ClFN7O. The average Bonchev–Trinajstić information content (AvgIpc) is 3.28. The van der Waals surface area contributed by atoms with Gasteiger partial charge in [-0.1, -0.05) is 11.6 Å².